The van der Waals surface area contributed by atoms with Crippen LogP contribution in [0, 0.1) is 0 Å². The van der Waals surface area contributed by atoms with Crippen molar-refractivity contribution in [3.05, 3.63) is 83.6 Å². The fourth-order valence-electron chi connectivity index (χ4n) is 4.61. The molecule has 5 rings (SSSR count). The van der Waals surface area contributed by atoms with Gasteiger partial charge in [-0.2, -0.15) is 13.2 Å². The number of hydrogen-bond donors (Lipinski definition) is 1. The maximum atomic E-state index is 12.8. The summed E-state index contributed by atoms with van der Waals surface area (Å²) in [5.74, 6) is 0.507. The minimum absolute atomic E-state index is 0.243. The second-order valence-electron chi connectivity index (χ2n) is 9.81. The van der Waals surface area contributed by atoms with Crippen molar-refractivity contribution in [1.29, 1.82) is 0 Å². The summed E-state index contributed by atoms with van der Waals surface area (Å²) >= 11 is 0. The van der Waals surface area contributed by atoms with Crippen LogP contribution in [0.3, 0.4) is 0 Å². The number of carbonyl (C=O) groups excluding carboxylic acids is 2. The summed E-state index contributed by atoms with van der Waals surface area (Å²) in [4.78, 5) is 34.9. The first-order valence-corrected chi connectivity index (χ1v) is 13.3. The van der Waals surface area contributed by atoms with Crippen LogP contribution in [0.5, 0.6) is 5.75 Å². The predicted octanol–water partition coefficient (Wildman–Crippen LogP) is 4.51. The lowest BCUT2D eigenvalue weighted by atomic mass is 10.1. The van der Waals surface area contributed by atoms with E-state index in [-0.39, 0.29) is 5.91 Å². The van der Waals surface area contributed by atoms with Crippen molar-refractivity contribution < 1.29 is 32.2 Å². The summed E-state index contributed by atoms with van der Waals surface area (Å²) in [6, 6.07) is 16.3. The van der Waals surface area contributed by atoms with Gasteiger partial charge in [0.2, 0.25) is 0 Å². The first kappa shape index (κ1) is 28.4. The van der Waals surface area contributed by atoms with E-state index in [1.54, 1.807) is 36.4 Å². The maximum absolute atomic E-state index is 12.8. The van der Waals surface area contributed by atoms with E-state index in [1.165, 1.54) is 11.0 Å². The zero-order valence-corrected chi connectivity index (χ0v) is 22.3. The van der Waals surface area contributed by atoms with Crippen molar-refractivity contribution in [2.75, 3.05) is 62.7 Å². The minimum atomic E-state index is -4.44. The molecule has 0 bridgehead atoms. The molecule has 9 nitrogen and oxygen atoms in total. The molecule has 216 valence electrons. The molecular formula is C29H30F3N5O4. The van der Waals surface area contributed by atoms with Crippen LogP contribution in [0.2, 0.25) is 0 Å². The second-order valence-corrected chi connectivity index (χ2v) is 9.81. The number of piperazine rings is 1. The Labute approximate surface area is 235 Å². The van der Waals surface area contributed by atoms with Crippen LogP contribution in [0.1, 0.15) is 21.5 Å². The molecule has 2 aromatic carbocycles. The number of carbonyl (C=O) groups is 2. The lowest BCUT2D eigenvalue weighted by Gasteiger charge is -2.34. The van der Waals surface area contributed by atoms with Gasteiger partial charge < -0.3 is 24.6 Å². The molecule has 2 saturated heterocycles. The highest BCUT2D eigenvalue weighted by molar-refractivity contribution is 6.04. The summed E-state index contributed by atoms with van der Waals surface area (Å²) in [6.07, 6.45) is -4.15. The van der Waals surface area contributed by atoms with Crippen LogP contribution >= 0.6 is 0 Å². The van der Waals surface area contributed by atoms with E-state index in [0.29, 0.717) is 49.0 Å². The smallest absolute Gasteiger partial charge is 0.410 e. The molecule has 2 amide bonds. The lowest BCUT2D eigenvalue weighted by Crippen LogP contribution is -2.49. The van der Waals surface area contributed by atoms with Gasteiger partial charge in [0.1, 0.15) is 11.6 Å². The molecule has 0 spiro atoms. The molecule has 2 aliphatic rings. The number of nitrogens with zero attached hydrogens (tertiary/aromatic N) is 4. The third-order valence-corrected chi connectivity index (χ3v) is 6.98. The van der Waals surface area contributed by atoms with Crippen LogP contribution in [0.15, 0.2) is 66.9 Å². The quantitative estimate of drug-likeness (QED) is 0.468. The first-order chi connectivity index (χ1) is 19.7. The Hall–Kier alpha value is -4.16. The Bertz CT molecular complexity index is 1320. The normalized spacial score (nSPS) is 16.4. The second kappa shape index (κ2) is 12.6. The van der Waals surface area contributed by atoms with Gasteiger partial charge in [-0.1, -0.05) is 12.1 Å². The highest BCUT2D eigenvalue weighted by Gasteiger charge is 2.31. The Balaban J connectivity index is 1.07. The number of morpholine rings is 1. The van der Waals surface area contributed by atoms with E-state index < -0.39 is 17.8 Å². The number of pyridine rings is 1. The Morgan fingerprint density at radius 3 is 2.17 bits per heavy atom. The van der Waals surface area contributed by atoms with Gasteiger partial charge in [0.05, 0.1) is 18.8 Å². The number of aromatic nitrogens is 1. The van der Waals surface area contributed by atoms with Gasteiger partial charge in [-0.15, -0.1) is 0 Å². The van der Waals surface area contributed by atoms with E-state index in [2.05, 4.69) is 15.2 Å². The summed E-state index contributed by atoms with van der Waals surface area (Å²) in [5.41, 5.74) is 1.43. The van der Waals surface area contributed by atoms with Gasteiger partial charge in [-0.25, -0.2) is 9.78 Å². The van der Waals surface area contributed by atoms with E-state index in [1.807, 2.05) is 17.0 Å². The van der Waals surface area contributed by atoms with Gasteiger partial charge in [0.15, 0.2) is 0 Å². The molecule has 12 heteroatoms. The first-order valence-electron chi connectivity index (χ1n) is 13.3. The predicted molar refractivity (Wildman–Crippen MR) is 146 cm³/mol. The number of alkyl halides is 3. The van der Waals surface area contributed by atoms with E-state index in [4.69, 9.17) is 9.47 Å². The molecule has 41 heavy (non-hydrogen) atoms. The highest BCUT2D eigenvalue weighted by Crippen LogP contribution is 2.29. The van der Waals surface area contributed by atoms with Crippen molar-refractivity contribution in [3.8, 4) is 5.75 Å². The number of benzene rings is 2. The van der Waals surface area contributed by atoms with Gasteiger partial charge in [0, 0.05) is 63.3 Å². The zero-order valence-electron chi connectivity index (χ0n) is 22.3. The molecule has 3 aromatic rings. The summed E-state index contributed by atoms with van der Waals surface area (Å²) in [7, 11) is 0. The van der Waals surface area contributed by atoms with E-state index in [9.17, 15) is 22.8 Å². The number of rotatable bonds is 6. The standard InChI is InChI=1S/C29H30F3N5O4/c30-29(31,32)23-5-10-26(33-19-23)36-11-13-37(14-12-36)28(39)41-25-8-6-24(7-9-25)34-27(38)22-3-1-21(2-4-22)20-35-15-17-40-18-16-35/h1-10,19H,11-18,20H2,(H,34,38). The summed E-state index contributed by atoms with van der Waals surface area (Å²) in [6.45, 7) is 5.57. The molecule has 0 atom stereocenters. The number of anilines is 2. The monoisotopic (exact) mass is 569 g/mol. The van der Waals surface area contributed by atoms with Crippen LogP contribution < -0.4 is 15.0 Å². The third kappa shape index (κ3) is 7.53. The van der Waals surface area contributed by atoms with Crippen molar-refractivity contribution in [2.45, 2.75) is 12.7 Å². The molecule has 2 aliphatic heterocycles. The summed E-state index contributed by atoms with van der Waals surface area (Å²) in [5, 5.41) is 2.84. The molecular weight excluding hydrogens is 539 g/mol. The molecule has 3 heterocycles. The number of nitrogens with one attached hydrogen (secondary N) is 1. The van der Waals surface area contributed by atoms with Crippen molar-refractivity contribution in [1.82, 2.24) is 14.8 Å². The average Bonchev–Trinajstić information content (AvgIpc) is 2.99. The molecule has 0 radical (unpaired) electrons. The van der Waals surface area contributed by atoms with Crippen molar-refractivity contribution >= 4 is 23.5 Å². The molecule has 0 saturated carbocycles. The summed E-state index contributed by atoms with van der Waals surface area (Å²) < 4.78 is 49.2. The molecule has 0 unspecified atom stereocenters. The van der Waals surface area contributed by atoms with Gasteiger partial charge in [-0.3, -0.25) is 9.69 Å². The van der Waals surface area contributed by atoms with E-state index >= 15 is 0 Å². The molecule has 1 N–H and O–H groups in total. The van der Waals surface area contributed by atoms with Crippen LogP contribution in [-0.4, -0.2) is 79.3 Å². The maximum Gasteiger partial charge on any atom is 0.417 e. The average molecular weight is 570 g/mol. The van der Waals surface area contributed by atoms with Crippen molar-refractivity contribution in [3.63, 3.8) is 0 Å². The fraction of sp³-hybridized carbons (Fsp3) is 0.345. The SMILES string of the molecule is O=C(Nc1ccc(OC(=O)N2CCN(c3ccc(C(F)(F)F)cn3)CC2)cc1)c1ccc(CN2CCOCC2)cc1. The van der Waals surface area contributed by atoms with Crippen molar-refractivity contribution in [2.24, 2.45) is 0 Å². The van der Waals surface area contributed by atoms with Crippen LogP contribution in [0.4, 0.5) is 29.5 Å². The number of ether oxygens (including phenoxy) is 2. The minimum Gasteiger partial charge on any atom is -0.410 e. The van der Waals surface area contributed by atoms with Gasteiger partial charge >= 0.3 is 12.3 Å². The number of amides is 2. The lowest BCUT2D eigenvalue weighted by molar-refractivity contribution is -0.137. The number of hydrogen-bond acceptors (Lipinski definition) is 7. The Morgan fingerprint density at radius 1 is 0.878 bits per heavy atom. The van der Waals surface area contributed by atoms with Crippen LogP contribution in [-0.2, 0) is 17.5 Å². The third-order valence-electron chi connectivity index (χ3n) is 6.98. The van der Waals surface area contributed by atoms with Crippen LogP contribution in [0.25, 0.3) is 0 Å². The number of halogens is 3. The largest absolute Gasteiger partial charge is 0.417 e. The molecule has 1 aromatic heterocycles. The molecule has 2 fully saturated rings. The van der Waals surface area contributed by atoms with Gasteiger partial charge in [0.25, 0.3) is 5.91 Å². The topological polar surface area (TPSA) is 87.2 Å². The Kier molecular flexibility index (Phi) is 8.70. The van der Waals surface area contributed by atoms with Gasteiger partial charge in [-0.05, 0) is 54.1 Å². The zero-order chi connectivity index (χ0) is 28.8. The highest BCUT2D eigenvalue weighted by atomic mass is 19.4. The molecule has 0 aliphatic carbocycles. The Morgan fingerprint density at radius 2 is 1.56 bits per heavy atom. The fourth-order valence-corrected chi connectivity index (χ4v) is 4.61. The van der Waals surface area contributed by atoms with E-state index in [0.717, 1.165) is 50.7 Å².